The molecule has 0 fully saturated rings. The first-order valence-electron chi connectivity index (χ1n) is 5.70. The normalized spacial score (nSPS) is 12.5. The summed E-state index contributed by atoms with van der Waals surface area (Å²) in [7, 11) is 0. The first kappa shape index (κ1) is 14.1. The number of hydrogen-bond donors (Lipinski definition) is 2. The summed E-state index contributed by atoms with van der Waals surface area (Å²) in [6, 6.07) is 8.66. The fraction of sp³-hybridized carbons (Fsp3) is 0.143. The fourth-order valence-electron chi connectivity index (χ4n) is 1.89. The zero-order valence-electron chi connectivity index (χ0n) is 10.3. The number of nitrogens with one attached hydrogen (secondary N) is 1. The standard InChI is InChI=1S/C14H13BrF2N2/c1-8-2-3-9(6-13(8)17)14(19-18)11-7-10(16)4-5-12(11)15/h2-7,14,19H,18H2,1H3. The Morgan fingerprint density at radius 3 is 2.53 bits per heavy atom. The highest BCUT2D eigenvalue weighted by atomic mass is 79.9. The maximum Gasteiger partial charge on any atom is 0.126 e. The van der Waals surface area contributed by atoms with Gasteiger partial charge in [0.05, 0.1) is 6.04 Å². The Kier molecular flexibility index (Phi) is 4.29. The third kappa shape index (κ3) is 3.00. The van der Waals surface area contributed by atoms with E-state index in [1.54, 1.807) is 25.1 Å². The summed E-state index contributed by atoms with van der Waals surface area (Å²) in [5.41, 5.74) is 4.39. The number of halogens is 3. The van der Waals surface area contributed by atoms with Crippen molar-refractivity contribution < 1.29 is 8.78 Å². The Bertz CT molecular complexity index is 602. The quantitative estimate of drug-likeness (QED) is 0.668. The minimum absolute atomic E-state index is 0.315. The van der Waals surface area contributed by atoms with Crippen LogP contribution in [0, 0.1) is 18.6 Å². The van der Waals surface area contributed by atoms with Crippen LogP contribution < -0.4 is 11.3 Å². The monoisotopic (exact) mass is 326 g/mol. The SMILES string of the molecule is Cc1ccc(C(NN)c2cc(F)ccc2Br)cc1F. The molecule has 2 rings (SSSR count). The molecule has 1 atom stereocenters. The molecule has 2 aromatic carbocycles. The zero-order chi connectivity index (χ0) is 14.0. The van der Waals surface area contributed by atoms with E-state index in [4.69, 9.17) is 5.84 Å². The molecule has 0 aromatic heterocycles. The van der Waals surface area contributed by atoms with Crippen molar-refractivity contribution in [3.05, 3.63) is 69.2 Å². The van der Waals surface area contributed by atoms with Gasteiger partial charge in [-0.15, -0.1) is 0 Å². The van der Waals surface area contributed by atoms with Crippen LogP contribution in [0.15, 0.2) is 40.9 Å². The summed E-state index contributed by atoms with van der Waals surface area (Å²) in [4.78, 5) is 0. The Labute approximate surface area is 118 Å². The smallest absolute Gasteiger partial charge is 0.126 e. The van der Waals surface area contributed by atoms with E-state index in [0.717, 1.165) is 0 Å². The van der Waals surface area contributed by atoms with Gasteiger partial charge in [0.1, 0.15) is 11.6 Å². The lowest BCUT2D eigenvalue weighted by Crippen LogP contribution is -2.29. The second-order valence-electron chi connectivity index (χ2n) is 4.27. The van der Waals surface area contributed by atoms with Gasteiger partial charge in [-0.1, -0.05) is 28.1 Å². The van der Waals surface area contributed by atoms with Crippen molar-refractivity contribution in [2.24, 2.45) is 5.84 Å². The average Bonchev–Trinajstić information content (AvgIpc) is 2.38. The van der Waals surface area contributed by atoms with Crippen LogP contribution in [0.3, 0.4) is 0 Å². The molecule has 0 saturated heterocycles. The van der Waals surface area contributed by atoms with Gasteiger partial charge in [0.25, 0.3) is 0 Å². The van der Waals surface area contributed by atoms with Crippen molar-refractivity contribution in [3.8, 4) is 0 Å². The van der Waals surface area contributed by atoms with E-state index in [9.17, 15) is 8.78 Å². The summed E-state index contributed by atoms with van der Waals surface area (Å²) < 4.78 is 27.7. The van der Waals surface area contributed by atoms with Crippen molar-refractivity contribution in [2.45, 2.75) is 13.0 Å². The summed E-state index contributed by atoms with van der Waals surface area (Å²) in [6.07, 6.45) is 0. The highest BCUT2D eigenvalue weighted by Gasteiger charge is 2.17. The van der Waals surface area contributed by atoms with Gasteiger partial charge < -0.3 is 0 Å². The molecule has 5 heteroatoms. The minimum atomic E-state index is -0.486. The largest absolute Gasteiger partial charge is 0.271 e. The van der Waals surface area contributed by atoms with Gasteiger partial charge >= 0.3 is 0 Å². The molecule has 2 nitrogen and oxygen atoms in total. The predicted octanol–water partition coefficient (Wildman–Crippen LogP) is 3.59. The van der Waals surface area contributed by atoms with Crippen molar-refractivity contribution >= 4 is 15.9 Å². The molecule has 0 saturated carbocycles. The summed E-state index contributed by atoms with van der Waals surface area (Å²) in [5.74, 6) is 4.84. The Balaban J connectivity index is 2.49. The second kappa shape index (κ2) is 5.77. The number of hydrazine groups is 1. The maximum atomic E-state index is 13.6. The van der Waals surface area contributed by atoms with Crippen molar-refractivity contribution in [1.29, 1.82) is 0 Å². The molecule has 100 valence electrons. The van der Waals surface area contributed by atoms with Gasteiger partial charge in [0.2, 0.25) is 0 Å². The lowest BCUT2D eigenvalue weighted by molar-refractivity contribution is 0.590. The van der Waals surface area contributed by atoms with Gasteiger partial charge in [0.15, 0.2) is 0 Å². The van der Waals surface area contributed by atoms with Crippen molar-refractivity contribution in [3.63, 3.8) is 0 Å². The Hall–Kier alpha value is -1.30. The fourth-order valence-corrected chi connectivity index (χ4v) is 2.37. The third-order valence-electron chi connectivity index (χ3n) is 2.96. The molecule has 0 bridgehead atoms. The first-order valence-corrected chi connectivity index (χ1v) is 6.49. The lowest BCUT2D eigenvalue weighted by Gasteiger charge is -2.19. The van der Waals surface area contributed by atoms with Crippen molar-refractivity contribution in [1.82, 2.24) is 5.43 Å². The number of rotatable bonds is 3. The van der Waals surface area contributed by atoms with E-state index in [2.05, 4.69) is 21.4 Å². The second-order valence-corrected chi connectivity index (χ2v) is 5.13. The molecule has 19 heavy (non-hydrogen) atoms. The molecule has 0 spiro atoms. The van der Waals surface area contributed by atoms with E-state index in [-0.39, 0.29) is 11.6 Å². The molecular weight excluding hydrogens is 314 g/mol. The Morgan fingerprint density at radius 1 is 1.16 bits per heavy atom. The molecular formula is C14H13BrF2N2. The van der Waals surface area contributed by atoms with Crippen LogP contribution in [0.25, 0.3) is 0 Å². The van der Waals surface area contributed by atoms with Crippen LogP contribution in [-0.4, -0.2) is 0 Å². The van der Waals surface area contributed by atoms with Crippen molar-refractivity contribution in [2.75, 3.05) is 0 Å². The number of benzene rings is 2. The predicted molar refractivity (Wildman–Crippen MR) is 74.4 cm³/mol. The van der Waals surface area contributed by atoms with Gasteiger partial charge in [0, 0.05) is 4.47 Å². The van der Waals surface area contributed by atoms with Gasteiger partial charge in [-0.05, 0) is 47.9 Å². The molecule has 0 aliphatic rings. The lowest BCUT2D eigenvalue weighted by atomic mass is 9.98. The van der Waals surface area contributed by atoms with Gasteiger partial charge in [-0.25, -0.2) is 14.2 Å². The van der Waals surface area contributed by atoms with Crippen LogP contribution in [0.5, 0.6) is 0 Å². The summed E-state index contributed by atoms with van der Waals surface area (Å²) >= 11 is 3.35. The van der Waals surface area contributed by atoms with E-state index in [1.165, 1.54) is 18.2 Å². The van der Waals surface area contributed by atoms with E-state index in [0.29, 0.717) is 21.2 Å². The molecule has 0 amide bonds. The van der Waals surface area contributed by atoms with Gasteiger partial charge in [-0.3, -0.25) is 5.84 Å². The molecule has 1 unspecified atom stereocenters. The topological polar surface area (TPSA) is 38.0 Å². The first-order chi connectivity index (χ1) is 9.02. The van der Waals surface area contributed by atoms with E-state index >= 15 is 0 Å². The van der Waals surface area contributed by atoms with Gasteiger partial charge in [-0.2, -0.15) is 0 Å². The highest BCUT2D eigenvalue weighted by Crippen LogP contribution is 2.29. The summed E-state index contributed by atoms with van der Waals surface area (Å²) in [6.45, 7) is 1.68. The average molecular weight is 327 g/mol. The number of hydrogen-bond acceptors (Lipinski definition) is 2. The van der Waals surface area contributed by atoms with Crippen LogP contribution >= 0.6 is 15.9 Å². The number of aryl methyl sites for hydroxylation is 1. The van der Waals surface area contributed by atoms with Crippen LogP contribution in [0.2, 0.25) is 0 Å². The molecule has 2 aromatic rings. The molecule has 0 heterocycles. The third-order valence-corrected chi connectivity index (χ3v) is 3.69. The van der Waals surface area contributed by atoms with E-state index < -0.39 is 6.04 Å². The molecule has 0 aliphatic heterocycles. The van der Waals surface area contributed by atoms with E-state index in [1.807, 2.05) is 0 Å². The highest BCUT2D eigenvalue weighted by molar-refractivity contribution is 9.10. The molecule has 0 radical (unpaired) electrons. The van der Waals surface area contributed by atoms with Crippen LogP contribution in [-0.2, 0) is 0 Å². The zero-order valence-corrected chi connectivity index (χ0v) is 11.8. The van der Waals surface area contributed by atoms with Crippen LogP contribution in [0.4, 0.5) is 8.78 Å². The summed E-state index contributed by atoms with van der Waals surface area (Å²) in [5, 5.41) is 0. The number of nitrogens with two attached hydrogens (primary N) is 1. The van der Waals surface area contributed by atoms with Crippen LogP contribution in [0.1, 0.15) is 22.7 Å². The minimum Gasteiger partial charge on any atom is -0.271 e. The maximum absolute atomic E-state index is 13.6. The Morgan fingerprint density at radius 2 is 1.89 bits per heavy atom. The molecule has 0 aliphatic carbocycles. The molecule has 3 N–H and O–H groups in total.